The van der Waals surface area contributed by atoms with E-state index in [1.165, 1.54) is 15.4 Å². The number of aromatic nitrogens is 1. The minimum Gasteiger partial charge on any atom is -0.356 e. The van der Waals surface area contributed by atoms with Gasteiger partial charge >= 0.3 is 0 Å². The van der Waals surface area contributed by atoms with Gasteiger partial charge in [-0.2, -0.15) is 11.3 Å². The van der Waals surface area contributed by atoms with Crippen LogP contribution in [0.25, 0.3) is 0 Å². The maximum atomic E-state index is 4.60. The molecule has 0 fully saturated rings. The van der Waals surface area contributed by atoms with Crippen molar-refractivity contribution in [2.45, 2.75) is 40.2 Å². The largest absolute Gasteiger partial charge is 0.356 e. The second-order valence-corrected chi connectivity index (χ2v) is 8.24. The first kappa shape index (κ1) is 20.9. The number of aryl methyl sites for hydroxylation is 2. The van der Waals surface area contributed by atoms with Crippen molar-refractivity contribution in [3.05, 3.63) is 38.0 Å². The molecule has 0 saturated carbocycles. The third-order valence-electron chi connectivity index (χ3n) is 4.57. The van der Waals surface area contributed by atoms with Crippen LogP contribution in [0.2, 0.25) is 0 Å². The summed E-state index contributed by atoms with van der Waals surface area (Å²) in [4.78, 5) is 12.7. The first-order chi connectivity index (χ1) is 12.6. The number of thiazole rings is 1. The maximum Gasteiger partial charge on any atom is 0.191 e. The zero-order valence-corrected chi connectivity index (χ0v) is 18.1. The summed E-state index contributed by atoms with van der Waals surface area (Å²) in [6, 6.07) is 2.58. The van der Waals surface area contributed by atoms with Crippen molar-refractivity contribution in [3.8, 4) is 0 Å². The molecule has 144 valence electrons. The summed E-state index contributed by atoms with van der Waals surface area (Å²) >= 11 is 3.54. The number of guanidine groups is 1. The van der Waals surface area contributed by atoms with E-state index in [-0.39, 0.29) is 0 Å². The van der Waals surface area contributed by atoms with Crippen molar-refractivity contribution >= 4 is 28.6 Å². The van der Waals surface area contributed by atoms with E-state index in [9.17, 15) is 0 Å². The lowest BCUT2D eigenvalue weighted by atomic mass is 10.1. The molecule has 2 heterocycles. The van der Waals surface area contributed by atoms with Crippen LogP contribution >= 0.6 is 22.7 Å². The van der Waals surface area contributed by atoms with Crippen LogP contribution in [-0.4, -0.2) is 49.1 Å². The van der Waals surface area contributed by atoms with Crippen LogP contribution in [0.4, 0.5) is 0 Å². The minimum atomic E-state index is 0.360. The Kier molecular flexibility index (Phi) is 8.54. The van der Waals surface area contributed by atoms with Gasteiger partial charge in [0.2, 0.25) is 0 Å². The molecule has 2 rings (SSSR count). The Morgan fingerprint density at radius 3 is 2.58 bits per heavy atom. The molecule has 0 amide bonds. The standard InChI is InChI=1S/C19H31N5S2/c1-6-24(7-2)17(16-9-11-25-13-16)12-22-19(20-5)21-10-8-18-23-14(3)15(4)26-18/h9,11,13,17H,6-8,10,12H2,1-5H3,(H2,20,21,22). The topological polar surface area (TPSA) is 52.5 Å². The van der Waals surface area contributed by atoms with Crippen LogP contribution in [0.15, 0.2) is 21.8 Å². The highest BCUT2D eigenvalue weighted by atomic mass is 32.1. The fourth-order valence-corrected chi connectivity index (χ4v) is 4.58. The molecule has 2 aromatic rings. The Balaban J connectivity index is 1.87. The van der Waals surface area contributed by atoms with Gasteiger partial charge in [-0.15, -0.1) is 11.3 Å². The molecule has 2 aromatic heterocycles. The molecule has 0 aliphatic rings. The molecule has 1 atom stereocenters. The van der Waals surface area contributed by atoms with Gasteiger partial charge in [0, 0.05) is 31.4 Å². The second-order valence-electron chi connectivity index (χ2n) is 6.17. The monoisotopic (exact) mass is 393 g/mol. The van der Waals surface area contributed by atoms with Gasteiger partial charge in [-0.05, 0) is 49.3 Å². The van der Waals surface area contributed by atoms with Crippen molar-refractivity contribution in [1.82, 2.24) is 20.5 Å². The van der Waals surface area contributed by atoms with Crippen LogP contribution in [0.5, 0.6) is 0 Å². The molecule has 0 radical (unpaired) electrons. The highest BCUT2D eigenvalue weighted by Gasteiger charge is 2.18. The van der Waals surface area contributed by atoms with Gasteiger partial charge < -0.3 is 10.6 Å². The number of rotatable bonds is 9. The van der Waals surface area contributed by atoms with E-state index in [2.05, 4.69) is 70.0 Å². The first-order valence-electron chi connectivity index (χ1n) is 9.22. The Hall–Kier alpha value is -1.44. The number of nitrogens with one attached hydrogen (secondary N) is 2. The lowest BCUT2D eigenvalue weighted by molar-refractivity contribution is 0.219. The lowest BCUT2D eigenvalue weighted by Crippen LogP contribution is -2.43. The van der Waals surface area contributed by atoms with E-state index in [1.807, 2.05) is 7.05 Å². The van der Waals surface area contributed by atoms with Crippen molar-refractivity contribution < 1.29 is 0 Å². The van der Waals surface area contributed by atoms with Crippen molar-refractivity contribution in [2.24, 2.45) is 4.99 Å². The molecule has 1 unspecified atom stereocenters. The smallest absolute Gasteiger partial charge is 0.191 e. The van der Waals surface area contributed by atoms with Gasteiger partial charge in [-0.3, -0.25) is 9.89 Å². The normalized spacial score (nSPS) is 13.2. The van der Waals surface area contributed by atoms with Gasteiger partial charge in [-0.25, -0.2) is 4.98 Å². The number of likely N-dealkylation sites (N-methyl/N-ethyl adjacent to an activating group) is 1. The fourth-order valence-electron chi connectivity index (χ4n) is 2.93. The van der Waals surface area contributed by atoms with Gasteiger partial charge in [-0.1, -0.05) is 13.8 Å². The third kappa shape index (κ3) is 5.79. The molecule has 7 heteroatoms. The lowest BCUT2D eigenvalue weighted by Gasteiger charge is -2.30. The molecule has 0 aromatic carbocycles. The van der Waals surface area contributed by atoms with Crippen LogP contribution < -0.4 is 10.6 Å². The van der Waals surface area contributed by atoms with Crippen LogP contribution in [-0.2, 0) is 6.42 Å². The molecule has 0 bridgehead atoms. The van der Waals surface area contributed by atoms with Crippen molar-refractivity contribution in [1.29, 1.82) is 0 Å². The average molecular weight is 394 g/mol. The highest BCUT2D eigenvalue weighted by Crippen LogP contribution is 2.22. The molecule has 0 aliphatic heterocycles. The van der Waals surface area contributed by atoms with Crippen molar-refractivity contribution in [3.63, 3.8) is 0 Å². The summed E-state index contributed by atoms with van der Waals surface area (Å²) < 4.78 is 0. The van der Waals surface area contributed by atoms with Gasteiger partial charge in [0.25, 0.3) is 0 Å². The highest BCUT2D eigenvalue weighted by molar-refractivity contribution is 7.11. The zero-order chi connectivity index (χ0) is 18.9. The number of aliphatic imine (C=N–C) groups is 1. The van der Waals surface area contributed by atoms with Crippen molar-refractivity contribution in [2.75, 3.05) is 33.2 Å². The molecule has 26 heavy (non-hydrogen) atoms. The Bertz CT molecular complexity index is 655. The van der Waals surface area contributed by atoms with E-state index in [0.717, 1.165) is 44.3 Å². The first-order valence-corrected chi connectivity index (χ1v) is 11.0. The van der Waals surface area contributed by atoms with E-state index in [1.54, 1.807) is 22.7 Å². The summed E-state index contributed by atoms with van der Waals surface area (Å²) in [6.07, 6.45) is 0.921. The predicted octanol–water partition coefficient (Wildman–Crippen LogP) is 3.61. The molecule has 0 saturated heterocycles. The minimum absolute atomic E-state index is 0.360. The van der Waals surface area contributed by atoms with Crippen LogP contribution in [0.1, 0.15) is 41.0 Å². The third-order valence-corrected chi connectivity index (χ3v) is 6.41. The number of nitrogens with zero attached hydrogens (tertiary/aromatic N) is 3. The molecule has 2 N–H and O–H groups in total. The molecular weight excluding hydrogens is 362 g/mol. The van der Waals surface area contributed by atoms with Gasteiger partial charge in [0.1, 0.15) is 0 Å². The Labute approximate surface area is 165 Å². The van der Waals surface area contributed by atoms with Crippen LogP contribution in [0.3, 0.4) is 0 Å². The fraction of sp³-hybridized carbons (Fsp3) is 0.579. The van der Waals surface area contributed by atoms with Crippen LogP contribution in [0, 0.1) is 13.8 Å². The SMILES string of the molecule is CCN(CC)C(CNC(=NC)NCCc1nc(C)c(C)s1)c1ccsc1. The summed E-state index contributed by atoms with van der Waals surface area (Å²) in [7, 11) is 1.82. The zero-order valence-electron chi connectivity index (χ0n) is 16.5. The number of hydrogen-bond donors (Lipinski definition) is 2. The van der Waals surface area contributed by atoms with E-state index in [0.29, 0.717) is 6.04 Å². The second kappa shape index (κ2) is 10.6. The molecular formula is C19H31N5S2. The summed E-state index contributed by atoms with van der Waals surface area (Å²) in [5, 5.41) is 12.5. The van der Waals surface area contributed by atoms with E-state index < -0.39 is 0 Å². The average Bonchev–Trinajstić information content (AvgIpc) is 3.27. The van der Waals surface area contributed by atoms with Gasteiger partial charge in [0.15, 0.2) is 5.96 Å². The molecule has 5 nitrogen and oxygen atoms in total. The van der Waals surface area contributed by atoms with E-state index >= 15 is 0 Å². The Morgan fingerprint density at radius 1 is 1.27 bits per heavy atom. The molecule has 0 spiro atoms. The Morgan fingerprint density at radius 2 is 2.04 bits per heavy atom. The molecule has 0 aliphatic carbocycles. The predicted molar refractivity (Wildman–Crippen MR) is 115 cm³/mol. The summed E-state index contributed by atoms with van der Waals surface area (Å²) in [6.45, 7) is 12.4. The summed E-state index contributed by atoms with van der Waals surface area (Å²) in [5.41, 5.74) is 2.51. The van der Waals surface area contributed by atoms with Gasteiger partial charge in [0.05, 0.1) is 16.7 Å². The maximum absolute atomic E-state index is 4.60. The summed E-state index contributed by atoms with van der Waals surface area (Å²) in [5.74, 6) is 0.849. The number of thiophene rings is 1. The van der Waals surface area contributed by atoms with E-state index in [4.69, 9.17) is 0 Å². The number of hydrogen-bond acceptors (Lipinski definition) is 5. The quantitative estimate of drug-likeness (QED) is 0.505.